The van der Waals surface area contributed by atoms with Crippen LogP contribution in [0.25, 0.3) is 22.7 Å². The molecule has 212 valence electrons. The Balaban J connectivity index is 1.07. The van der Waals surface area contributed by atoms with Crippen molar-refractivity contribution in [3.8, 4) is 22.7 Å². The van der Waals surface area contributed by atoms with Gasteiger partial charge in [-0.2, -0.15) is 4.98 Å². The molecule has 2 saturated heterocycles. The molecule has 11 heteroatoms. The molecule has 41 heavy (non-hydrogen) atoms. The van der Waals surface area contributed by atoms with E-state index in [4.69, 9.17) is 37.0 Å². The molecule has 1 N–H and O–H groups in total. The van der Waals surface area contributed by atoms with Crippen molar-refractivity contribution in [2.45, 2.75) is 76.2 Å². The quantitative estimate of drug-likeness (QED) is 0.224. The molecule has 3 fully saturated rings. The number of ether oxygens (including phenoxy) is 1. The zero-order valence-electron chi connectivity index (χ0n) is 22.3. The van der Waals surface area contributed by atoms with Crippen LogP contribution < -0.4 is 4.90 Å². The summed E-state index contributed by atoms with van der Waals surface area (Å²) in [4.78, 5) is 18.3. The van der Waals surface area contributed by atoms with Gasteiger partial charge in [-0.3, -0.25) is 0 Å². The summed E-state index contributed by atoms with van der Waals surface area (Å²) in [7, 11) is 0. The summed E-state index contributed by atoms with van der Waals surface area (Å²) in [6.07, 6.45) is 5.98. The number of hydrogen-bond acceptors (Lipinski definition) is 8. The summed E-state index contributed by atoms with van der Waals surface area (Å²) in [5.74, 6) is 1.23. The molecule has 0 spiro atoms. The van der Waals surface area contributed by atoms with Gasteiger partial charge in [0.15, 0.2) is 0 Å². The molecule has 0 radical (unpaired) electrons. The lowest BCUT2D eigenvalue weighted by molar-refractivity contribution is 0.0144. The van der Waals surface area contributed by atoms with Gasteiger partial charge in [0.05, 0.1) is 28.3 Å². The maximum atomic E-state index is 11.4. The normalized spacial score (nSPS) is 21.9. The molecule has 2 aromatic heterocycles. The molecule has 2 bridgehead atoms. The van der Waals surface area contributed by atoms with E-state index in [2.05, 4.69) is 20.2 Å². The van der Waals surface area contributed by atoms with Gasteiger partial charge in [-0.25, -0.2) is 4.79 Å². The number of carboxylic acids is 1. The fourth-order valence-corrected chi connectivity index (χ4v) is 6.89. The number of anilines is 1. The van der Waals surface area contributed by atoms with E-state index in [1.807, 2.05) is 18.2 Å². The largest absolute Gasteiger partial charge is 0.478 e. The van der Waals surface area contributed by atoms with Crippen molar-refractivity contribution in [2.24, 2.45) is 0 Å². The van der Waals surface area contributed by atoms with Crippen molar-refractivity contribution in [2.75, 3.05) is 4.90 Å². The summed E-state index contributed by atoms with van der Waals surface area (Å²) in [5, 5.41) is 19.1. The van der Waals surface area contributed by atoms with Crippen molar-refractivity contribution in [1.29, 1.82) is 0 Å². The number of piperidine rings is 1. The Hall–Kier alpha value is -3.40. The number of aryl methyl sites for hydroxylation is 1. The van der Waals surface area contributed by atoms with E-state index < -0.39 is 5.97 Å². The first-order valence-corrected chi connectivity index (χ1v) is 14.6. The highest BCUT2D eigenvalue weighted by molar-refractivity contribution is 6.39. The number of aromatic nitrogens is 3. The summed E-state index contributed by atoms with van der Waals surface area (Å²) in [6.45, 7) is 2.14. The van der Waals surface area contributed by atoms with E-state index in [-0.39, 0.29) is 23.8 Å². The van der Waals surface area contributed by atoms with Gasteiger partial charge in [-0.05, 0) is 86.5 Å². The molecule has 7 rings (SSSR count). The smallest absolute Gasteiger partial charge is 0.335 e. The highest BCUT2D eigenvalue weighted by Crippen LogP contribution is 2.47. The molecule has 9 nitrogen and oxygen atoms in total. The van der Waals surface area contributed by atoms with Crippen LogP contribution in [0.4, 0.5) is 5.95 Å². The first kappa shape index (κ1) is 26.5. The highest BCUT2D eigenvalue weighted by atomic mass is 35.5. The van der Waals surface area contributed by atoms with E-state index in [0.717, 1.165) is 49.8 Å². The molecule has 1 aliphatic carbocycles. The summed E-state index contributed by atoms with van der Waals surface area (Å²) < 4.78 is 18.0. The topological polar surface area (TPSA) is 115 Å². The number of halogens is 2. The number of hydrogen-bond donors (Lipinski definition) is 1. The van der Waals surface area contributed by atoms with Crippen molar-refractivity contribution < 1.29 is 23.7 Å². The zero-order chi connectivity index (χ0) is 28.2. The maximum Gasteiger partial charge on any atom is 0.335 e. The van der Waals surface area contributed by atoms with Gasteiger partial charge in [-0.15, -0.1) is 0 Å². The maximum absolute atomic E-state index is 11.4. The monoisotopic (exact) mass is 594 g/mol. The van der Waals surface area contributed by atoms with E-state index in [1.54, 1.807) is 25.1 Å². The number of benzene rings is 2. The SMILES string of the molecule is Cc1cc(-c2nc(N3[C@@H]4CC[C@H]3C[C@@H](OCc3c(-c5c(Cl)cccc5Cl)noc3C3CC3)C4)no2)ccc1C(=O)O. The Kier molecular flexibility index (Phi) is 6.76. The second-order valence-corrected chi connectivity index (χ2v) is 12.0. The molecule has 2 aliphatic heterocycles. The number of fused-ring (bicyclic) bond motifs is 2. The third-order valence-corrected chi connectivity index (χ3v) is 9.10. The molecule has 4 heterocycles. The van der Waals surface area contributed by atoms with Gasteiger partial charge < -0.3 is 23.8 Å². The van der Waals surface area contributed by atoms with Crippen LogP contribution in [0.5, 0.6) is 0 Å². The fraction of sp³-hybridized carbons (Fsp3) is 0.400. The molecule has 3 atom stereocenters. The lowest BCUT2D eigenvalue weighted by Crippen LogP contribution is -2.46. The number of nitrogens with zero attached hydrogens (tertiary/aromatic N) is 4. The second-order valence-electron chi connectivity index (χ2n) is 11.2. The average molecular weight is 595 g/mol. The van der Waals surface area contributed by atoms with Crippen molar-refractivity contribution in [1.82, 2.24) is 15.3 Å². The van der Waals surface area contributed by atoms with Crippen LogP contribution in [0, 0.1) is 6.92 Å². The number of carbonyl (C=O) groups is 1. The van der Waals surface area contributed by atoms with E-state index in [1.165, 1.54) is 0 Å². The van der Waals surface area contributed by atoms with Crippen molar-refractivity contribution in [3.63, 3.8) is 0 Å². The Labute approximate surface area is 246 Å². The molecule has 1 saturated carbocycles. The second kappa shape index (κ2) is 10.5. The fourth-order valence-electron chi connectivity index (χ4n) is 6.31. The molecule has 0 amide bonds. The Bertz CT molecular complexity index is 1600. The standard InChI is InChI=1S/C30H28Cl2N4O5/c1-15-11-17(7-10-21(15)29(37)38)28-33-30(35-41-28)36-18-8-9-19(36)13-20(12-18)39-14-22-26(34-40-27(22)16-5-6-16)25-23(31)3-2-4-24(25)32/h2-4,7,10-11,16,18-20H,5-6,8-9,12-14H2,1H3,(H,37,38)/t18-,19+,20+. The minimum Gasteiger partial charge on any atom is -0.478 e. The van der Waals surface area contributed by atoms with Crippen LogP contribution >= 0.6 is 23.2 Å². The Morgan fingerprint density at radius 1 is 1.05 bits per heavy atom. The van der Waals surface area contributed by atoms with Gasteiger partial charge in [0, 0.05) is 34.7 Å². The Morgan fingerprint density at radius 2 is 1.78 bits per heavy atom. The summed E-state index contributed by atoms with van der Waals surface area (Å²) >= 11 is 13.0. The zero-order valence-corrected chi connectivity index (χ0v) is 23.9. The van der Waals surface area contributed by atoms with Gasteiger partial charge in [0.1, 0.15) is 11.5 Å². The molecule has 4 aromatic rings. The van der Waals surface area contributed by atoms with Crippen LogP contribution in [-0.4, -0.2) is 44.6 Å². The molecular formula is C30H28Cl2N4O5. The van der Waals surface area contributed by atoms with Crippen molar-refractivity contribution >= 4 is 35.1 Å². The molecular weight excluding hydrogens is 567 g/mol. The number of aromatic carboxylic acids is 1. The van der Waals surface area contributed by atoms with Crippen LogP contribution in [0.15, 0.2) is 45.4 Å². The lowest BCUT2D eigenvalue weighted by Gasteiger charge is -2.37. The minimum atomic E-state index is -0.960. The highest BCUT2D eigenvalue weighted by Gasteiger charge is 2.43. The van der Waals surface area contributed by atoms with E-state index in [0.29, 0.717) is 56.8 Å². The third kappa shape index (κ3) is 4.90. The van der Waals surface area contributed by atoms with E-state index >= 15 is 0 Å². The first-order valence-electron chi connectivity index (χ1n) is 13.9. The first-order chi connectivity index (χ1) is 19.9. The predicted molar refractivity (Wildman–Crippen MR) is 152 cm³/mol. The van der Waals surface area contributed by atoms with Gasteiger partial charge >= 0.3 is 5.97 Å². The van der Waals surface area contributed by atoms with Gasteiger partial charge in [0.2, 0.25) is 0 Å². The predicted octanol–water partition coefficient (Wildman–Crippen LogP) is 7.30. The Morgan fingerprint density at radius 3 is 2.44 bits per heavy atom. The third-order valence-electron chi connectivity index (χ3n) is 8.47. The number of carboxylic acid groups (broad SMARTS) is 1. The average Bonchev–Trinajstić information content (AvgIpc) is 3.41. The molecule has 0 unspecified atom stereocenters. The van der Waals surface area contributed by atoms with Gasteiger partial charge in [0.25, 0.3) is 11.8 Å². The van der Waals surface area contributed by atoms with Crippen LogP contribution in [-0.2, 0) is 11.3 Å². The van der Waals surface area contributed by atoms with E-state index in [9.17, 15) is 9.90 Å². The van der Waals surface area contributed by atoms with Crippen molar-refractivity contribution in [3.05, 3.63) is 68.9 Å². The molecule has 2 aromatic carbocycles. The van der Waals surface area contributed by atoms with Crippen LogP contribution in [0.2, 0.25) is 10.0 Å². The summed E-state index contributed by atoms with van der Waals surface area (Å²) in [5.41, 5.74) is 3.88. The lowest BCUT2D eigenvalue weighted by atomic mass is 9.99. The van der Waals surface area contributed by atoms with Crippen LogP contribution in [0.1, 0.15) is 71.7 Å². The van der Waals surface area contributed by atoms with Crippen LogP contribution in [0.3, 0.4) is 0 Å². The molecule has 3 aliphatic rings. The summed E-state index contributed by atoms with van der Waals surface area (Å²) in [6, 6.07) is 10.9. The van der Waals surface area contributed by atoms with Gasteiger partial charge in [-0.1, -0.05) is 34.4 Å². The number of rotatable bonds is 8. The minimum absolute atomic E-state index is 0.0675.